The Balaban J connectivity index is 1.55. The molecule has 0 radical (unpaired) electrons. The standard InChI is InChI=1S/C34H36ClN3O3/c1-24-14-18-28(19-15-24)34(27-10-4-3-5-11-27,30-12-6-7-13-31(30)35)41-23-26-16-20-29(21-17-26)38-32(39)25(2)9-8-22-37-33(36)40/h3-7,10-21,25H,8-9,22-23H2,1-2H3,(H,38,39)(H3,36,37,40)/t25-,34?/m0/s1. The molecule has 6 nitrogen and oxygen atoms in total. The lowest BCUT2D eigenvalue weighted by atomic mass is 9.79. The van der Waals surface area contributed by atoms with Gasteiger partial charge in [0.2, 0.25) is 5.91 Å². The minimum Gasteiger partial charge on any atom is -0.356 e. The van der Waals surface area contributed by atoms with E-state index in [1.807, 2.05) is 73.7 Å². The van der Waals surface area contributed by atoms with Crippen LogP contribution in [0.25, 0.3) is 0 Å². The molecule has 4 aromatic rings. The molecule has 2 atom stereocenters. The maximum atomic E-state index is 12.6. The summed E-state index contributed by atoms with van der Waals surface area (Å²) in [7, 11) is 0. The summed E-state index contributed by atoms with van der Waals surface area (Å²) in [4.78, 5) is 23.5. The molecule has 4 rings (SSSR count). The molecule has 7 heteroatoms. The van der Waals surface area contributed by atoms with E-state index in [0.717, 1.165) is 27.8 Å². The number of nitrogens with one attached hydrogen (secondary N) is 2. The summed E-state index contributed by atoms with van der Waals surface area (Å²) in [6.07, 6.45) is 1.31. The molecule has 1 unspecified atom stereocenters. The fourth-order valence-corrected chi connectivity index (χ4v) is 5.09. The molecule has 0 aliphatic carbocycles. The summed E-state index contributed by atoms with van der Waals surface area (Å²) < 4.78 is 6.92. The van der Waals surface area contributed by atoms with E-state index < -0.39 is 11.6 Å². The molecule has 0 aliphatic heterocycles. The van der Waals surface area contributed by atoms with E-state index in [2.05, 4.69) is 54.0 Å². The number of hydrogen-bond donors (Lipinski definition) is 3. The Kier molecular flexibility index (Phi) is 10.2. The van der Waals surface area contributed by atoms with Crippen molar-refractivity contribution < 1.29 is 14.3 Å². The van der Waals surface area contributed by atoms with Crippen molar-refractivity contribution in [2.75, 3.05) is 11.9 Å². The third-order valence-electron chi connectivity index (χ3n) is 7.13. The predicted molar refractivity (Wildman–Crippen MR) is 165 cm³/mol. The lowest BCUT2D eigenvalue weighted by Crippen LogP contribution is -2.33. The lowest BCUT2D eigenvalue weighted by molar-refractivity contribution is -0.119. The second-order valence-electron chi connectivity index (χ2n) is 10.2. The van der Waals surface area contributed by atoms with Gasteiger partial charge < -0.3 is 21.1 Å². The van der Waals surface area contributed by atoms with Crippen LogP contribution in [0.4, 0.5) is 10.5 Å². The van der Waals surface area contributed by atoms with E-state index in [1.54, 1.807) is 0 Å². The molecule has 0 aromatic heterocycles. The number of ether oxygens (including phenoxy) is 1. The molecule has 41 heavy (non-hydrogen) atoms. The van der Waals surface area contributed by atoms with Gasteiger partial charge in [0.05, 0.1) is 6.61 Å². The highest BCUT2D eigenvalue weighted by molar-refractivity contribution is 6.31. The van der Waals surface area contributed by atoms with Crippen molar-refractivity contribution in [2.24, 2.45) is 11.7 Å². The Labute approximate surface area is 246 Å². The molecule has 0 saturated carbocycles. The van der Waals surface area contributed by atoms with Crippen LogP contribution < -0.4 is 16.4 Å². The van der Waals surface area contributed by atoms with Crippen LogP contribution in [0.15, 0.2) is 103 Å². The van der Waals surface area contributed by atoms with Crippen LogP contribution in [0, 0.1) is 12.8 Å². The van der Waals surface area contributed by atoms with Crippen molar-refractivity contribution in [1.29, 1.82) is 0 Å². The molecule has 4 N–H and O–H groups in total. The molecule has 0 saturated heterocycles. The third-order valence-corrected chi connectivity index (χ3v) is 7.46. The summed E-state index contributed by atoms with van der Waals surface area (Å²) >= 11 is 6.83. The zero-order valence-corrected chi connectivity index (χ0v) is 24.2. The van der Waals surface area contributed by atoms with E-state index in [1.165, 1.54) is 0 Å². The maximum Gasteiger partial charge on any atom is 0.312 e. The summed E-state index contributed by atoms with van der Waals surface area (Å²) in [6.45, 7) is 4.69. The Morgan fingerprint density at radius 2 is 1.51 bits per heavy atom. The number of benzene rings is 4. The highest BCUT2D eigenvalue weighted by Crippen LogP contribution is 2.44. The Morgan fingerprint density at radius 3 is 2.17 bits per heavy atom. The fourth-order valence-electron chi connectivity index (χ4n) is 4.82. The van der Waals surface area contributed by atoms with Crippen molar-refractivity contribution in [3.05, 3.63) is 136 Å². The number of hydrogen-bond acceptors (Lipinski definition) is 3. The Morgan fingerprint density at radius 1 is 0.878 bits per heavy atom. The highest BCUT2D eigenvalue weighted by Gasteiger charge is 2.39. The largest absolute Gasteiger partial charge is 0.356 e. The number of amides is 3. The van der Waals surface area contributed by atoms with E-state index >= 15 is 0 Å². The lowest BCUT2D eigenvalue weighted by Gasteiger charge is -2.36. The van der Waals surface area contributed by atoms with Crippen molar-refractivity contribution in [3.8, 4) is 0 Å². The van der Waals surface area contributed by atoms with E-state index in [9.17, 15) is 9.59 Å². The van der Waals surface area contributed by atoms with Gasteiger partial charge in [0.15, 0.2) is 0 Å². The van der Waals surface area contributed by atoms with Gasteiger partial charge >= 0.3 is 6.03 Å². The number of nitrogens with two attached hydrogens (primary N) is 1. The van der Waals surface area contributed by atoms with E-state index in [0.29, 0.717) is 36.7 Å². The summed E-state index contributed by atoms with van der Waals surface area (Å²) in [5.74, 6) is -0.279. The van der Waals surface area contributed by atoms with Gasteiger partial charge in [-0.05, 0) is 54.7 Å². The van der Waals surface area contributed by atoms with Gasteiger partial charge in [0.1, 0.15) is 5.60 Å². The molecule has 0 aliphatic rings. The van der Waals surface area contributed by atoms with Crippen molar-refractivity contribution >= 4 is 29.2 Å². The third kappa shape index (κ3) is 7.54. The number of aryl methyl sites for hydroxylation is 1. The minimum absolute atomic E-state index is 0.0748. The smallest absolute Gasteiger partial charge is 0.312 e. The molecule has 4 aromatic carbocycles. The van der Waals surface area contributed by atoms with Gasteiger partial charge in [-0.1, -0.05) is 109 Å². The maximum absolute atomic E-state index is 12.6. The number of rotatable bonds is 12. The summed E-state index contributed by atoms with van der Waals surface area (Å²) in [5.41, 5.74) is 9.77. The molecule has 3 amide bonds. The number of urea groups is 1. The first-order valence-corrected chi connectivity index (χ1v) is 14.1. The number of anilines is 1. The fraction of sp³-hybridized carbons (Fsp3) is 0.235. The SMILES string of the molecule is Cc1ccc(C(OCc2ccc(NC(=O)[C@@H](C)CCCNC(N)=O)cc2)(c2ccccc2)c2ccccc2Cl)cc1. The number of carbonyl (C=O) groups excluding carboxylic acids is 2. The van der Waals surface area contributed by atoms with Crippen LogP contribution in [-0.2, 0) is 21.7 Å². The summed E-state index contributed by atoms with van der Waals surface area (Å²) in [6, 6.07) is 33.4. The Hall–Kier alpha value is -4.13. The van der Waals surface area contributed by atoms with Gasteiger partial charge in [-0.3, -0.25) is 4.79 Å². The monoisotopic (exact) mass is 569 g/mol. The van der Waals surface area contributed by atoms with Crippen LogP contribution in [0.3, 0.4) is 0 Å². The average Bonchev–Trinajstić information content (AvgIpc) is 2.98. The predicted octanol–water partition coefficient (Wildman–Crippen LogP) is 7.18. The van der Waals surface area contributed by atoms with Gasteiger partial charge in [0, 0.05) is 28.7 Å². The summed E-state index contributed by atoms with van der Waals surface area (Å²) in [5, 5.41) is 6.13. The molecule has 0 bridgehead atoms. The van der Waals surface area contributed by atoms with Gasteiger partial charge in [-0.25, -0.2) is 4.79 Å². The number of primary amides is 1. The first-order valence-electron chi connectivity index (χ1n) is 13.7. The van der Waals surface area contributed by atoms with Crippen LogP contribution in [0.2, 0.25) is 5.02 Å². The van der Waals surface area contributed by atoms with Crippen LogP contribution in [0.1, 0.15) is 47.6 Å². The normalized spacial score (nSPS) is 13.1. The van der Waals surface area contributed by atoms with Crippen molar-refractivity contribution in [3.63, 3.8) is 0 Å². The van der Waals surface area contributed by atoms with Crippen molar-refractivity contribution in [2.45, 2.75) is 38.9 Å². The zero-order valence-electron chi connectivity index (χ0n) is 23.4. The number of halogens is 1. The average molecular weight is 570 g/mol. The quantitative estimate of drug-likeness (QED) is 0.125. The van der Waals surface area contributed by atoms with Crippen LogP contribution >= 0.6 is 11.6 Å². The molecule has 0 heterocycles. The van der Waals surface area contributed by atoms with Crippen LogP contribution in [0.5, 0.6) is 0 Å². The molecular weight excluding hydrogens is 534 g/mol. The molecule has 212 valence electrons. The zero-order chi connectivity index (χ0) is 29.2. The van der Waals surface area contributed by atoms with Gasteiger partial charge in [-0.15, -0.1) is 0 Å². The molecular formula is C34H36ClN3O3. The van der Waals surface area contributed by atoms with E-state index in [-0.39, 0.29) is 11.8 Å². The Bertz CT molecular complexity index is 1440. The number of carbonyl (C=O) groups is 2. The van der Waals surface area contributed by atoms with Gasteiger partial charge in [0.25, 0.3) is 0 Å². The topological polar surface area (TPSA) is 93.4 Å². The first kappa shape index (κ1) is 29.8. The highest BCUT2D eigenvalue weighted by atomic mass is 35.5. The second kappa shape index (κ2) is 14.0. The molecule has 0 fully saturated rings. The first-order chi connectivity index (χ1) is 19.8. The molecule has 0 spiro atoms. The van der Waals surface area contributed by atoms with Crippen LogP contribution in [-0.4, -0.2) is 18.5 Å². The van der Waals surface area contributed by atoms with Gasteiger partial charge in [-0.2, -0.15) is 0 Å². The van der Waals surface area contributed by atoms with Crippen molar-refractivity contribution in [1.82, 2.24) is 5.32 Å². The minimum atomic E-state index is -0.945. The second-order valence-corrected chi connectivity index (χ2v) is 10.6. The van der Waals surface area contributed by atoms with E-state index in [4.69, 9.17) is 22.1 Å².